The molecule has 0 saturated carbocycles. The number of pyridine rings is 1. The smallest absolute Gasteiger partial charge is 0.309 e. The van der Waals surface area contributed by atoms with E-state index in [4.69, 9.17) is 5.11 Å². The molecule has 0 aliphatic heterocycles. The summed E-state index contributed by atoms with van der Waals surface area (Å²) in [5.74, 6) is -0.841. The molecule has 1 N–H and O–H groups in total. The fourth-order valence-electron chi connectivity index (χ4n) is 0.847. The highest BCUT2D eigenvalue weighted by Gasteiger charge is 2.02. The van der Waals surface area contributed by atoms with E-state index in [1.165, 1.54) is 0 Å². The van der Waals surface area contributed by atoms with Gasteiger partial charge in [-0.3, -0.25) is 9.78 Å². The number of hydrogen-bond donors (Lipinski definition) is 1. The summed E-state index contributed by atoms with van der Waals surface area (Å²) in [5, 5.41) is 8.45. The predicted octanol–water partition coefficient (Wildman–Crippen LogP) is 1.44. The van der Waals surface area contributed by atoms with Gasteiger partial charge in [-0.15, -0.1) is 12.4 Å². The molecule has 0 unspecified atom stereocenters. The van der Waals surface area contributed by atoms with Crippen LogP contribution >= 0.6 is 12.4 Å². The lowest BCUT2D eigenvalue weighted by molar-refractivity contribution is -0.136. The molecule has 4 heteroatoms. The van der Waals surface area contributed by atoms with Gasteiger partial charge in [0.2, 0.25) is 0 Å². The van der Waals surface area contributed by atoms with Crippen LogP contribution in [0.4, 0.5) is 0 Å². The molecule has 0 saturated heterocycles. The molecule has 0 amide bonds. The number of rotatable bonds is 2. The summed E-state index contributed by atoms with van der Waals surface area (Å²) >= 11 is 0. The number of hydrogen-bond acceptors (Lipinski definition) is 2. The first-order valence-electron chi connectivity index (χ1n) is 3.32. The van der Waals surface area contributed by atoms with E-state index in [1.54, 1.807) is 12.3 Å². The lowest BCUT2D eigenvalue weighted by Crippen LogP contribution is -2.03. The van der Waals surface area contributed by atoms with Gasteiger partial charge in [0.05, 0.1) is 12.1 Å². The van der Waals surface area contributed by atoms with Crippen LogP contribution in [-0.4, -0.2) is 16.1 Å². The van der Waals surface area contributed by atoms with Gasteiger partial charge in [-0.1, -0.05) is 6.07 Å². The minimum Gasteiger partial charge on any atom is -0.481 e. The number of carboxylic acid groups (broad SMARTS) is 1. The first kappa shape index (κ1) is 10.9. The molecule has 0 aliphatic rings. The van der Waals surface area contributed by atoms with Crippen molar-refractivity contribution in [2.75, 3.05) is 0 Å². The maximum Gasteiger partial charge on any atom is 0.309 e. The second-order valence-electron chi connectivity index (χ2n) is 2.34. The van der Waals surface area contributed by atoms with Crippen LogP contribution in [0.15, 0.2) is 18.3 Å². The highest BCUT2D eigenvalue weighted by Crippen LogP contribution is 2.02. The van der Waals surface area contributed by atoms with E-state index < -0.39 is 5.97 Å². The molecule has 1 aromatic rings. The fourth-order valence-corrected chi connectivity index (χ4v) is 0.847. The second-order valence-corrected chi connectivity index (χ2v) is 2.34. The standard InChI is InChI=1S/C8H9NO2.ClH/c1-6-3-2-4-9-7(6)5-8(10)11;/h2-4H,5H2,1H3,(H,10,11);1H. The third kappa shape index (κ3) is 2.88. The van der Waals surface area contributed by atoms with Gasteiger partial charge in [0.1, 0.15) is 0 Å². The lowest BCUT2D eigenvalue weighted by Gasteiger charge is -1.98. The zero-order valence-electron chi connectivity index (χ0n) is 6.65. The van der Waals surface area contributed by atoms with Crippen molar-refractivity contribution < 1.29 is 9.90 Å². The van der Waals surface area contributed by atoms with Gasteiger partial charge in [0, 0.05) is 6.20 Å². The van der Waals surface area contributed by atoms with Crippen LogP contribution in [0.1, 0.15) is 11.3 Å². The quantitative estimate of drug-likeness (QED) is 0.762. The van der Waals surface area contributed by atoms with Crippen molar-refractivity contribution in [1.29, 1.82) is 0 Å². The number of carbonyl (C=O) groups is 1. The summed E-state index contributed by atoms with van der Waals surface area (Å²) in [4.78, 5) is 14.2. The minimum atomic E-state index is -0.841. The first-order valence-corrected chi connectivity index (χ1v) is 3.32. The topological polar surface area (TPSA) is 50.2 Å². The van der Waals surface area contributed by atoms with Crippen LogP contribution in [0.3, 0.4) is 0 Å². The zero-order chi connectivity index (χ0) is 8.27. The molecular weight excluding hydrogens is 178 g/mol. The molecule has 3 nitrogen and oxygen atoms in total. The molecule has 0 spiro atoms. The molecule has 0 aromatic carbocycles. The molecule has 0 bridgehead atoms. The van der Waals surface area contributed by atoms with Gasteiger partial charge in [0.15, 0.2) is 0 Å². The Kier molecular flexibility index (Phi) is 4.29. The molecular formula is C8H10ClNO2. The van der Waals surface area contributed by atoms with Crippen LogP contribution < -0.4 is 0 Å². The molecule has 1 rings (SSSR count). The molecule has 66 valence electrons. The molecule has 1 heterocycles. The highest BCUT2D eigenvalue weighted by molar-refractivity contribution is 5.85. The lowest BCUT2D eigenvalue weighted by atomic mass is 10.2. The van der Waals surface area contributed by atoms with Gasteiger partial charge in [-0.05, 0) is 18.6 Å². The Bertz CT molecular complexity index is 276. The summed E-state index contributed by atoms with van der Waals surface area (Å²) in [6.45, 7) is 1.85. The SMILES string of the molecule is Cc1cccnc1CC(=O)O.Cl. The van der Waals surface area contributed by atoms with Gasteiger partial charge in [0.25, 0.3) is 0 Å². The van der Waals surface area contributed by atoms with E-state index in [1.807, 2.05) is 13.0 Å². The fraction of sp³-hybridized carbons (Fsp3) is 0.250. The molecule has 0 atom stereocenters. The molecule has 12 heavy (non-hydrogen) atoms. The normalized spacial score (nSPS) is 8.75. The largest absolute Gasteiger partial charge is 0.481 e. The average molecular weight is 188 g/mol. The van der Waals surface area contributed by atoms with E-state index in [0.717, 1.165) is 5.56 Å². The Morgan fingerprint density at radius 1 is 1.67 bits per heavy atom. The van der Waals surface area contributed by atoms with Crippen molar-refractivity contribution in [3.8, 4) is 0 Å². The van der Waals surface area contributed by atoms with Crippen LogP contribution in [-0.2, 0) is 11.2 Å². The average Bonchev–Trinajstić information content (AvgIpc) is 1.93. The van der Waals surface area contributed by atoms with Crippen LogP contribution in [0.25, 0.3) is 0 Å². The van der Waals surface area contributed by atoms with E-state index in [9.17, 15) is 4.79 Å². The van der Waals surface area contributed by atoms with Gasteiger partial charge in [-0.2, -0.15) is 0 Å². The molecule has 0 aliphatic carbocycles. The van der Waals surface area contributed by atoms with Gasteiger partial charge in [-0.25, -0.2) is 0 Å². The third-order valence-electron chi connectivity index (χ3n) is 1.44. The number of aryl methyl sites for hydroxylation is 1. The Morgan fingerprint density at radius 2 is 2.33 bits per heavy atom. The maximum atomic E-state index is 10.3. The second kappa shape index (κ2) is 4.72. The summed E-state index contributed by atoms with van der Waals surface area (Å²) in [7, 11) is 0. The van der Waals surface area contributed by atoms with Crippen molar-refractivity contribution in [2.24, 2.45) is 0 Å². The Hall–Kier alpha value is -1.09. The Labute approximate surface area is 76.9 Å². The number of aromatic nitrogens is 1. The van der Waals surface area contributed by atoms with Gasteiger partial charge >= 0.3 is 5.97 Å². The third-order valence-corrected chi connectivity index (χ3v) is 1.44. The summed E-state index contributed by atoms with van der Waals surface area (Å²) in [6.07, 6.45) is 1.61. The Morgan fingerprint density at radius 3 is 2.83 bits per heavy atom. The molecule has 1 aromatic heterocycles. The summed E-state index contributed by atoms with van der Waals surface area (Å²) in [6, 6.07) is 3.64. The summed E-state index contributed by atoms with van der Waals surface area (Å²) in [5.41, 5.74) is 1.56. The van der Waals surface area contributed by atoms with Crippen molar-refractivity contribution in [2.45, 2.75) is 13.3 Å². The van der Waals surface area contributed by atoms with E-state index in [2.05, 4.69) is 4.98 Å². The van der Waals surface area contributed by atoms with Crippen LogP contribution in [0.2, 0.25) is 0 Å². The number of carboxylic acids is 1. The van der Waals surface area contributed by atoms with Crippen LogP contribution in [0, 0.1) is 6.92 Å². The highest BCUT2D eigenvalue weighted by atomic mass is 35.5. The van der Waals surface area contributed by atoms with E-state index in [-0.39, 0.29) is 18.8 Å². The molecule has 0 radical (unpaired) electrons. The molecule has 0 fully saturated rings. The van der Waals surface area contributed by atoms with Gasteiger partial charge < -0.3 is 5.11 Å². The predicted molar refractivity (Wildman–Crippen MR) is 47.6 cm³/mol. The van der Waals surface area contributed by atoms with Crippen molar-refractivity contribution >= 4 is 18.4 Å². The summed E-state index contributed by atoms with van der Waals surface area (Å²) < 4.78 is 0. The Balaban J connectivity index is 0.00000121. The minimum absolute atomic E-state index is 0. The number of nitrogens with zero attached hydrogens (tertiary/aromatic N) is 1. The van der Waals surface area contributed by atoms with E-state index >= 15 is 0 Å². The van der Waals surface area contributed by atoms with Crippen molar-refractivity contribution in [1.82, 2.24) is 4.98 Å². The van der Waals surface area contributed by atoms with Crippen molar-refractivity contribution in [3.05, 3.63) is 29.6 Å². The maximum absolute atomic E-state index is 10.3. The van der Waals surface area contributed by atoms with Crippen LogP contribution in [0.5, 0.6) is 0 Å². The first-order chi connectivity index (χ1) is 5.20. The number of aliphatic carboxylic acids is 1. The van der Waals surface area contributed by atoms with E-state index in [0.29, 0.717) is 5.69 Å². The monoisotopic (exact) mass is 187 g/mol. The van der Waals surface area contributed by atoms with Crippen molar-refractivity contribution in [3.63, 3.8) is 0 Å². The number of halogens is 1. The zero-order valence-corrected chi connectivity index (χ0v) is 7.47.